The Morgan fingerprint density at radius 2 is 1.82 bits per heavy atom. The van der Waals surface area contributed by atoms with E-state index in [0.29, 0.717) is 30.5 Å². The van der Waals surface area contributed by atoms with Crippen molar-refractivity contribution in [2.75, 3.05) is 6.54 Å². The Bertz CT molecular complexity index is 1080. The van der Waals surface area contributed by atoms with Crippen molar-refractivity contribution < 1.29 is 14.0 Å². The number of nitrogens with zero attached hydrogens (tertiary/aromatic N) is 3. The molecule has 4 rings (SSSR count). The first-order chi connectivity index (χ1) is 16.6. The van der Waals surface area contributed by atoms with Gasteiger partial charge in [-0.15, -0.1) is 5.10 Å². The minimum Gasteiger partial charge on any atom is -0.431 e. The molecule has 8 nitrogen and oxygen atoms in total. The summed E-state index contributed by atoms with van der Waals surface area (Å²) in [5.41, 5.74) is 2.74. The lowest BCUT2D eigenvalue weighted by Gasteiger charge is -2.21. The van der Waals surface area contributed by atoms with Gasteiger partial charge in [0.15, 0.2) is 0 Å². The molecule has 2 aromatic rings. The quantitative estimate of drug-likeness (QED) is 0.570. The highest BCUT2D eigenvalue weighted by atomic mass is 16.4. The van der Waals surface area contributed by atoms with Gasteiger partial charge in [-0.3, -0.25) is 9.59 Å². The monoisotopic (exact) mass is 463 g/mol. The zero-order valence-corrected chi connectivity index (χ0v) is 20.0. The van der Waals surface area contributed by atoms with Crippen LogP contribution in [-0.2, 0) is 4.79 Å². The third-order valence-corrected chi connectivity index (χ3v) is 6.66. The number of carbonyl (C=O) groups is 2. The first-order valence-corrected chi connectivity index (χ1v) is 12.4. The normalized spacial score (nSPS) is 16.3. The van der Waals surface area contributed by atoms with Gasteiger partial charge in [-0.25, -0.2) is 4.98 Å². The van der Waals surface area contributed by atoms with Gasteiger partial charge in [-0.1, -0.05) is 45.2 Å². The topological polar surface area (TPSA) is 109 Å². The molecule has 0 atom stereocenters. The molecule has 8 heteroatoms. The largest absolute Gasteiger partial charge is 0.431 e. The van der Waals surface area contributed by atoms with Crippen molar-refractivity contribution in [2.45, 2.75) is 71.3 Å². The van der Waals surface area contributed by atoms with Crippen LogP contribution in [0.1, 0.15) is 81.3 Å². The predicted molar refractivity (Wildman–Crippen MR) is 132 cm³/mol. The number of nitrogens with one attached hydrogen (secondary N) is 2. The van der Waals surface area contributed by atoms with Crippen LogP contribution in [0.3, 0.4) is 0 Å². The van der Waals surface area contributed by atoms with E-state index in [9.17, 15) is 9.59 Å². The smallest absolute Gasteiger partial charge is 0.288 e. The highest BCUT2D eigenvalue weighted by Gasteiger charge is 2.23. The fourth-order valence-corrected chi connectivity index (χ4v) is 4.46. The second-order valence-corrected chi connectivity index (χ2v) is 9.08. The van der Waals surface area contributed by atoms with Crippen molar-refractivity contribution in [3.05, 3.63) is 41.8 Å². The van der Waals surface area contributed by atoms with Crippen molar-refractivity contribution in [1.82, 2.24) is 15.6 Å². The van der Waals surface area contributed by atoms with E-state index in [1.54, 1.807) is 0 Å². The summed E-state index contributed by atoms with van der Waals surface area (Å²) in [5, 5.41) is 14.4. The lowest BCUT2D eigenvalue weighted by Crippen LogP contribution is -2.35. The molecule has 1 fully saturated rings. The van der Waals surface area contributed by atoms with Gasteiger partial charge in [0.05, 0.1) is 11.9 Å². The van der Waals surface area contributed by atoms with E-state index >= 15 is 0 Å². The first-order valence-electron chi connectivity index (χ1n) is 12.4. The fraction of sp³-hybridized carbons (Fsp3) is 0.500. The molecule has 0 bridgehead atoms. The van der Waals surface area contributed by atoms with Gasteiger partial charge >= 0.3 is 0 Å². The van der Waals surface area contributed by atoms with E-state index in [1.807, 2.05) is 38.1 Å². The van der Waals surface area contributed by atoms with Gasteiger partial charge in [0, 0.05) is 24.6 Å². The van der Waals surface area contributed by atoms with Gasteiger partial charge in [0.25, 0.3) is 11.8 Å². The van der Waals surface area contributed by atoms with E-state index in [-0.39, 0.29) is 23.6 Å². The number of oxazole rings is 1. The number of aromatic nitrogens is 1. The summed E-state index contributed by atoms with van der Waals surface area (Å²) in [6, 6.07) is 7.67. The molecule has 2 amide bonds. The van der Waals surface area contributed by atoms with Crippen LogP contribution in [0, 0.1) is 5.92 Å². The molecule has 0 unspecified atom stereocenters. The third kappa shape index (κ3) is 5.79. The number of benzene rings is 1. The Hall–Kier alpha value is -3.29. The maximum absolute atomic E-state index is 12.6. The highest BCUT2D eigenvalue weighted by Crippen LogP contribution is 2.24. The lowest BCUT2D eigenvalue weighted by atomic mass is 9.89. The molecule has 1 aliphatic heterocycles. The maximum atomic E-state index is 12.6. The molecule has 2 aliphatic rings. The zero-order valence-electron chi connectivity index (χ0n) is 20.0. The molecule has 0 radical (unpaired) electrons. The maximum Gasteiger partial charge on any atom is 0.288 e. The second-order valence-electron chi connectivity index (χ2n) is 9.08. The van der Waals surface area contributed by atoms with Gasteiger partial charge < -0.3 is 15.1 Å². The molecule has 2 N–H and O–H groups in total. The minimum atomic E-state index is -0.263. The Labute approximate surface area is 200 Å². The molecule has 1 aromatic heterocycles. The zero-order chi connectivity index (χ0) is 23.9. The summed E-state index contributed by atoms with van der Waals surface area (Å²) in [6.07, 6.45) is 9.71. The molecule has 1 saturated carbocycles. The fourth-order valence-electron chi connectivity index (χ4n) is 4.46. The van der Waals surface area contributed by atoms with Crippen molar-refractivity contribution in [3.8, 4) is 11.5 Å². The van der Waals surface area contributed by atoms with E-state index < -0.39 is 0 Å². The van der Waals surface area contributed by atoms with Crippen molar-refractivity contribution >= 4 is 23.2 Å². The summed E-state index contributed by atoms with van der Waals surface area (Å²) in [5.74, 6) is 0.717. The van der Waals surface area contributed by atoms with Crippen LogP contribution in [0.5, 0.6) is 0 Å². The van der Waals surface area contributed by atoms with Gasteiger partial charge in [0.2, 0.25) is 11.7 Å². The molecule has 0 saturated heterocycles. The predicted octanol–water partition coefficient (Wildman–Crippen LogP) is 4.51. The van der Waals surface area contributed by atoms with Crippen LogP contribution in [-0.4, -0.2) is 40.8 Å². The number of amides is 2. The first kappa shape index (κ1) is 23.9. The van der Waals surface area contributed by atoms with Gasteiger partial charge in [0.1, 0.15) is 5.71 Å². The van der Waals surface area contributed by atoms with Crippen molar-refractivity contribution in [1.29, 1.82) is 0 Å². The number of hydrogen-bond donors (Lipinski definition) is 2. The van der Waals surface area contributed by atoms with E-state index in [4.69, 9.17) is 4.42 Å². The molecule has 2 heterocycles. The molecule has 34 heavy (non-hydrogen) atoms. The molecule has 1 aliphatic carbocycles. The van der Waals surface area contributed by atoms with Crippen LogP contribution in [0.2, 0.25) is 0 Å². The molecule has 180 valence electrons. The standard InChI is InChI=1S/C26H33N5O3/c1-3-20(4-2)29-25(33)23-16-28-26(34-23)19-12-8-11-18(13-19)21-14-22(31-30-21)24(32)27-15-17-9-6-5-7-10-17/h8,11-13,16-17,20H,3-7,9-10,14-15H2,1-2H3,(H,27,32)(H,29,33). The Morgan fingerprint density at radius 1 is 1.06 bits per heavy atom. The average Bonchev–Trinajstić information content (AvgIpc) is 3.57. The summed E-state index contributed by atoms with van der Waals surface area (Å²) in [6.45, 7) is 4.78. The van der Waals surface area contributed by atoms with Crippen LogP contribution in [0.4, 0.5) is 0 Å². The SMILES string of the molecule is CCC(CC)NC(=O)c1cnc(-c2cccc(C3=NN=C(C(=O)NCC4CCCCC4)C3)c2)o1. The van der Waals surface area contributed by atoms with Crippen LogP contribution in [0.25, 0.3) is 11.5 Å². The molecule has 0 spiro atoms. The minimum absolute atomic E-state index is 0.110. The highest BCUT2D eigenvalue weighted by molar-refractivity contribution is 6.44. The lowest BCUT2D eigenvalue weighted by molar-refractivity contribution is -0.115. The summed E-state index contributed by atoms with van der Waals surface area (Å²) < 4.78 is 5.73. The summed E-state index contributed by atoms with van der Waals surface area (Å²) >= 11 is 0. The van der Waals surface area contributed by atoms with Crippen molar-refractivity contribution in [2.24, 2.45) is 16.1 Å². The molecular weight excluding hydrogens is 430 g/mol. The number of rotatable bonds is 9. The number of hydrogen-bond acceptors (Lipinski definition) is 6. The summed E-state index contributed by atoms with van der Waals surface area (Å²) in [4.78, 5) is 29.3. The van der Waals surface area contributed by atoms with Gasteiger partial charge in [-0.2, -0.15) is 5.10 Å². The van der Waals surface area contributed by atoms with Crippen LogP contribution >= 0.6 is 0 Å². The van der Waals surface area contributed by atoms with Crippen LogP contribution in [0.15, 0.2) is 45.1 Å². The van der Waals surface area contributed by atoms with Crippen molar-refractivity contribution in [3.63, 3.8) is 0 Å². The second kappa shape index (κ2) is 11.2. The Morgan fingerprint density at radius 3 is 2.59 bits per heavy atom. The number of carbonyl (C=O) groups excluding carboxylic acids is 2. The van der Waals surface area contributed by atoms with Crippen LogP contribution < -0.4 is 10.6 Å². The molecule has 1 aromatic carbocycles. The third-order valence-electron chi connectivity index (χ3n) is 6.66. The summed E-state index contributed by atoms with van der Waals surface area (Å²) in [7, 11) is 0. The van der Waals surface area contributed by atoms with Gasteiger partial charge in [-0.05, 0) is 49.3 Å². The average molecular weight is 464 g/mol. The Balaban J connectivity index is 1.36. The van der Waals surface area contributed by atoms with E-state index in [2.05, 4.69) is 25.8 Å². The van der Waals surface area contributed by atoms with E-state index in [1.165, 1.54) is 38.3 Å². The van der Waals surface area contributed by atoms with E-state index in [0.717, 1.165) is 29.7 Å². The molecular formula is C26H33N5O3. The Kier molecular flexibility index (Phi) is 7.87.